The zero-order valence-electron chi connectivity index (χ0n) is 10.2. The number of nitrogens with one attached hydrogen (secondary N) is 1. The van der Waals surface area contributed by atoms with Crippen molar-refractivity contribution < 1.29 is 13.9 Å². The summed E-state index contributed by atoms with van der Waals surface area (Å²) >= 11 is 1.70. The van der Waals surface area contributed by atoms with E-state index in [9.17, 15) is 4.79 Å². The molecular weight excluding hydrogens is 252 g/mol. The molecule has 2 rings (SSSR count). The van der Waals surface area contributed by atoms with E-state index in [2.05, 4.69) is 23.3 Å². The first-order chi connectivity index (χ1) is 8.69. The Balaban J connectivity index is 1.92. The smallest absolute Gasteiger partial charge is 0.360 e. The van der Waals surface area contributed by atoms with Gasteiger partial charge in [0.15, 0.2) is 5.69 Å². The van der Waals surface area contributed by atoms with Crippen LogP contribution in [0, 0.1) is 6.92 Å². The van der Waals surface area contributed by atoms with Crippen LogP contribution in [0.25, 0.3) is 0 Å². The van der Waals surface area contributed by atoms with Crippen molar-refractivity contribution >= 4 is 23.3 Å². The van der Waals surface area contributed by atoms with Crippen LogP contribution in [0.1, 0.15) is 27.2 Å². The number of hydrogen-bond donors (Lipinski definition) is 1. The SMILES string of the molecule is CCOC(=O)c1coc(NCc2ccc(C)s2)n1. The molecule has 0 atom stereocenters. The number of carbonyl (C=O) groups excluding carboxylic acids is 1. The van der Waals surface area contributed by atoms with E-state index in [0.29, 0.717) is 19.2 Å². The van der Waals surface area contributed by atoms with Gasteiger partial charge in [-0.15, -0.1) is 11.3 Å². The highest BCUT2D eigenvalue weighted by Gasteiger charge is 2.12. The van der Waals surface area contributed by atoms with Crippen molar-refractivity contribution in [1.29, 1.82) is 0 Å². The van der Waals surface area contributed by atoms with Gasteiger partial charge in [-0.3, -0.25) is 0 Å². The number of hydrogen-bond acceptors (Lipinski definition) is 6. The van der Waals surface area contributed by atoms with Crippen LogP contribution in [0.15, 0.2) is 22.8 Å². The first kappa shape index (κ1) is 12.6. The van der Waals surface area contributed by atoms with Crippen molar-refractivity contribution in [3.63, 3.8) is 0 Å². The van der Waals surface area contributed by atoms with Crippen molar-refractivity contribution in [2.24, 2.45) is 0 Å². The summed E-state index contributed by atoms with van der Waals surface area (Å²) in [6, 6.07) is 4.42. The molecule has 2 aromatic rings. The highest BCUT2D eigenvalue weighted by molar-refractivity contribution is 7.11. The van der Waals surface area contributed by atoms with Crippen molar-refractivity contribution in [3.8, 4) is 0 Å². The van der Waals surface area contributed by atoms with Gasteiger partial charge in [0.2, 0.25) is 0 Å². The fourth-order valence-electron chi connectivity index (χ4n) is 1.40. The average molecular weight is 266 g/mol. The second kappa shape index (κ2) is 5.68. The lowest BCUT2D eigenvalue weighted by molar-refractivity contribution is 0.0519. The molecule has 0 aromatic carbocycles. The Morgan fingerprint density at radius 3 is 3.06 bits per heavy atom. The summed E-state index contributed by atoms with van der Waals surface area (Å²) in [4.78, 5) is 17.8. The number of ether oxygens (including phenoxy) is 1. The monoisotopic (exact) mass is 266 g/mol. The van der Waals surface area contributed by atoms with Gasteiger partial charge in [0.25, 0.3) is 6.01 Å². The van der Waals surface area contributed by atoms with Crippen LogP contribution in [0.4, 0.5) is 6.01 Å². The molecule has 5 nitrogen and oxygen atoms in total. The molecule has 0 saturated carbocycles. The highest BCUT2D eigenvalue weighted by atomic mass is 32.1. The molecule has 0 spiro atoms. The van der Waals surface area contributed by atoms with Crippen LogP contribution in [0.3, 0.4) is 0 Å². The summed E-state index contributed by atoms with van der Waals surface area (Å²) in [6.45, 7) is 4.75. The Bertz CT molecular complexity index is 533. The molecule has 18 heavy (non-hydrogen) atoms. The van der Waals surface area contributed by atoms with Gasteiger partial charge in [0, 0.05) is 9.75 Å². The van der Waals surface area contributed by atoms with Crippen molar-refractivity contribution in [3.05, 3.63) is 33.8 Å². The molecule has 0 fully saturated rings. The zero-order valence-corrected chi connectivity index (χ0v) is 11.0. The van der Waals surface area contributed by atoms with Crippen LogP contribution in [-0.2, 0) is 11.3 Å². The lowest BCUT2D eigenvalue weighted by Gasteiger charge is -1.98. The number of oxazole rings is 1. The van der Waals surface area contributed by atoms with Crippen LogP contribution >= 0.6 is 11.3 Å². The fraction of sp³-hybridized carbons (Fsp3) is 0.333. The lowest BCUT2D eigenvalue weighted by Crippen LogP contribution is -2.05. The minimum Gasteiger partial charge on any atom is -0.461 e. The topological polar surface area (TPSA) is 64.4 Å². The van der Waals surface area contributed by atoms with Crippen molar-refractivity contribution in [2.45, 2.75) is 20.4 Å². The molecule has 0 amide bonds. The average Bonchev–Trinajstić information content (AvgIpc) is 2.95. The first-order valence-electron chi connectivity index (χ1n) is 5.61. The van der Waals surface area contributed by atoms with Gasteiger partial charge in [-0.2, -0.15) is 4.98 Å². The summed E-state index contributed by atoms with van der Waals surface area (Å²) in [5.74, 6) is -0.471. The van der Waals surface area contributed by atoms with Gasteiger partial charge in [-0.1, -0.05) is 0 Å². The number of thiophene rings is 1. The molecular formula is C12H14N2O3S. The summed E-state index contributed by atoms with van der Waals surface area (Å²) in [7, 11) is 0. The molecule has 0 saturated heterocycles. The summed E-state index contributed by atoms with van der Waals surface area (Å²) in [6.07, 6.45) is 1.29. The molecule has 2 heterocycles. The van der Waals surface area contributed by atoms with E-state index in [1.54, 1.807) is 18.3 Å². The molecule has 6 heteroatoms. The van der Waals surface area contributed by atoms with E-state index < -0.39 is 5.97 Å². The predicted octanol–water partition coefficient (Wildman–Crippen LogP) is 2.83. The maximum absolute atomic E-state index is 11.4. The van der Waals surface area contributed by atoms with E-state index in [0.717, 1.165) is 0 Å². The molecule has 0 radical (unpaired) electrons. The third-order valence-electron chi connectivity index (χ3n) is 2.20. The second-order valence-electron chi connectivity index (χ2n) is 3.62. The number of carbonyl (C=O) groups is 1. The van der Waals surface area contributed by atoms with Crippen LogP contribution in [-0.4, -0.2) is 17.6 Å². The summed E-state index contributed by atoms with van der Waals surface area (Å²) in [5, 5.41) is 3.02. The van der Waals surface area contributed by atoms with E-state index in [1.165, 1.54) is 16.0 Å². The summed E-state index contributed by atoms with van der Waals surface area (Å²) < 4.78 is 9.96. The molecule has 0 aliphatic heterocycles. The van der Waals surface area contributed by atoms with Crippen LogP contribution < -0.4 is 5.32 Å². The van der Waals surface area contributed by atoms with Gasteiger partial charge >= 0.3 is 5.97 Å². The predicted molar refractivity (Wildman–Crippen MR) is 68.8 cm³/mol. The van der Waals surface area contributed by atoms with Crippen LogP contribution in [0.5, 0.6) is 0 Å². The standard InChI is InChI=1S/C12H14N2O3S/c1-3-16-11(15)10-7-17-12(14-10)13-6-9-5-4-8(2)18-9/h4-5,7H,3,6H2,1-2H3,(H,13,14). The molecule has 96 valence electrons. The quantitative estimate of drug-likeness (QED) is 0.843. The van der Waals surface area contributed by atoms with Crippen molar-refractivity contribution in [2.75, 3.05) is 11.9 Å². The Labute approximate surface area is 109 Å². The number of esters is 1. The number of anilines is 1. The Morgan fingerprint density at radius 2 is 2.39 bits per heavy atom. The Hall–Kier alpha value is -1.82. The normalized spacial score (nSPS) is 10.3. The molecule has 0 bridgehead atoms. The number of aromatic nitrogens is 1. The minimum absolute atomic E-state index is 0.182. The third-order valence-corrected chi connectivity index (χ3v) is 3.20. The fourth-order valence-corrected chi connectivity index (χ4v) is 2.23. The first-order valence-corrected chi connectivity index (χ1v) is 6.42. The summed E-state index contributed by atoms with van der Waals surface area (Å²) in [5.41, 5.74) is 0.182. The van der Waals surface area contributed by atoms with Gasteiger partial charge in [-0.25, -0.2) is 4.79 Å². The molecule has 2 aromatic heterocycles. The second-order valence-corrected chi connectivity index (χ2v) is 5.00. The maximum Gasteiger partial charge on any atom is 0.360 e. The van der Waals surface area contributed by atoms with Crippen molar-refractivity contribution in [1.82, 2.24) is 4.98 Å². The van der Waals surface area contributed by atoms with E-state index in [4.69, 9.17) is 9.15 Å². The third kappa shape index (κ3) is 3.10. The largest absolute Gasteiger partial charge is 0.461 e. The van der Waals surface area contributed by atoms with Gasteiger partial charge in [0.1, 0.15) is 6.26 Å². The number of nitrogens with zero attached hydrogens (tertiary/aromatic N) is 1. The van der Waals surface area contributed by atoms with E-state index >= 15 is 0 Å². The van der Waals surface area contributed by atoms with E-state index in [1.807, 2.05) is 6.07 Å². The molecule has 0 aliphatic carbocycles. The van der Waals surface area contributed by atoms with Gasteiger partial charge in [0.05, 0.1) is 13.2 Å². The van der Waals surface area contributed by atoms with Crippen LogP contribution in [0.2, 0.25) is 0 Å². The molecule has 0 unspecified atom stereocenters. The Kier molecular flexibility index (Phi) is 3.99. The highest BCUT2D eigenvalue weighted by Crippen LogP contribution is 2.17. The molecule has 1 N–H and O–H groups in total. The lowest BCUT2D eigenvalue weighted by atomic mass is 10.4. The number of aryl methyl sites for hydroxylation is 1. The minimum atomic E-state index is -0.471. The zero-order chi connectivity index (χ0) is 13.0. The Morgan fingerprint density at radius 1 is 1.56 bits per heavy atom. The number of rotatable bonds is 5. The maximum atomic E-state index is 11.4. The van der Waals surface area contributed by atoms with E-state index in [-0.39, 0.29) is 5.69 Å². The molecule has 0 aliphatic rings. The van der Waals surface area contributed by atoms with Gasteiger partial charge in [-0.05, 0) is 26.0 Å². The van der Waals surface area contributed by atoms with Gasteiger partial charge < -0.3 is 14.5 Å².